The summed E-state index contributed by atoms with van der Waals surface area (Å²) in [6, 6.07) is 4.95. The number of hydrogen-bond acceptors (Lipinski definition) is 4. The minimum Gasteiger partial charge on any atom is -0.389 e. The number of aliphatic hydroxyl groups excluding tert-OH is 1. The van der Waals surface area contributed by atoms with Gasteiger partial charge < -0.3 is 10.0 Å². The Bertz CT molecular complexity index is 523. The molecular weight excluding hydrogens is 244 g/mol. The Morgan fingerprint density at radius 3 is 2.79 bits per heavy atom. The van der Waals surface area contributed by atoms with Crippen molar-refractivity contribution in [3.63, 3.8) is 0 Å². The molecule has 0 aliphatic carbocycles. The van der Waals surface area contributed by atoms with Crippen LogP contribution in [-0.2, 0) is 0 Å². The smallest absolute Gasteiger partial charge is 0.292 e. The number of hydrogen-bond donors (Lipinski definition) is 1. The van der Waals surface area contributed by atoms with Crippen LogP contribution in [0.2, 0.25) is 0 Å². The van der Waals surface area contributed by atoms with Crippen molar-refractivity contribution in [2.24, 2.45) is 0 Å². The zero-order valence-corrected chi connectivity index (χ0v) is 11.2. The molecule has 1 heterocycles. The van der Waals surface area contributed by atoms with Gasteiger partial charge in [0.25, 0.3) is 5.69 Å². The number of aliphatic hydroxyl groups is 1. The van der Waals surface area contributed by atoms with Crippen LogP contribution in [-0.4, -0.2) is 23.1 Å². The maximum atomic E-state index is 11.2. The molecule has 0 bridgehead atoms. The molecule has 1 aliphatic rings. The second-order valence-corrected chi connectivity index (χ2v) is 4.94. The number of nitro benzene ring substituents is 1. The van der Waals surface area contributed by atoms with E-state index >= 15 is 0 Å². The molecule has 0 saturated heterocycles. The van der Waals surface area contributed by atoms with Crippen LogP contribution in [0.25, 0.3) is 0 Å². The van der Waals surface area contributed by atoms with Gasteiger partial charge in [-0.15, -0.1) is 0 Å². The van der Waals surface area contributed by atoms with Gasteiger partial charge in [-0.1, -0.05) is 17.7 Å². The van der Waals surface area contributed by atoms with E-state index in [1.165, 1.54) is 11.6 Å². The Morgan fingerprint density at radius 2 is 2.21 bits per heavy atom. The van der Waals surface area contributed by atoms with Crippen LogP contribution in [0, 0.1) is 10.1 Å². The van der Waals surface area contributed by atoms with Crippen LogP contribution in [0.4, 0.5) is 11.4 Å². The average Bonchev–Trinajstić information content (AvgIpc) is 2.37. The predicted octanol–water partition coefficient (Wildman–Crippen LogP) is 2.80. The maximum absolute atomic E-state index is 11.2. The van der Waals surface area contributed by atoms with Crippen LogP contribution < -0.4 is 4.90 Å². The molecule has 102 valence electrons. The Hall–Kier alpha value is -1.88. The molecule has 1 aromatic carbocycles. The fourth-order valence-corrected chi connectivity index (χ4v) is 2.33. The minimum atomic E-state index is -0.698. The molecule has 5 nitrogen and oxygen atoms in total. The monoisotopic (exact) mass is 262 g/mol. The number of benzene rings is 1. The van der Waals surface area contributed by atoms with Crippen molar-refractivity contribution in [1.82, 2.24) is 0 Å². The highest BCUT2D eigenvalue weighted by Crippen LogP contribution is 2.32. The second-order valence-electron chi connectivity index (χ2n) is 4.94. The average molecular weight is 262 g/mol. The summed E-state index contributed by atoms with van der Waals surface area (Å²) in [5, 5.41) is 20.7. The van der Waals surface area contributed by atoms with Gasteiger partial charge in [0.2, 0.25) is 0 Å². The highest BCUT2D eigenvalue weighted by atomic mass is 16.6. The quantitative estimate of drug-likeness (QED) is 0.516. The van der Waals surface area contributed by atoms with Gasteiger partial charge in [0.05, 0.1) is 11.0 Å². The topological polar surface area (TPSA) is 66.6 Å². The SMILES string of the molecule is CC1=CCCN(c2ccc([C@H](C)O)cc2[N+](=O)[O-])C1. The van der Waals surface area contributed by atoms with Gasteiger partial charge in [-0.25, -0.2) is 0 Å². The molecule has 0 aromatic heterocycles. The Balaban J connectivity index is 2.39. The van der Waals surface area contributed by atoms with Crippen molar-refractivity contribution >= 4 is 11.4 Å². The first-order valence-corrected chi connectivity index (χ1v) is 6.36. The van der Waals surface area contributed by atoms with Gasteiger partial charge in [0.1, 0.15) is 5.69 Å². The maximum Gasteiger partial charge on any atom is 0.292 e. The van der Waals surface area contributed by atoms with E-state index < -0.39 is 6.10 Å². The number of anilines is 1. The van der Waals surface area contributed by atoms with Crippen molar-refractivity contribution in [2.45, 2.75) is 26.4 Å². The van der Waals surface area contributed by atoms with E-state index in [2.05, 4.69) is 6.08 Å². The number of rotatable bonds is 3. The highest BCUT2D eigenvalue weighted by Gasteiger charge is 2.22. The molecule has 5 heteroatoms. The summed E-state index contributed by atoms with van der Waals surface area (Å²) in [7, 11) is 0. The standard InChI is InChI=1S/C14H18N2O3/c1-10-4-3-7-15(9-10)13-6-5-12(11(2)17)8-14(13)16(18)19/h4-6,8,11,17H,3,7,9H2,1-2H3/t11-/m0/s1. The van der Waals surface area contributed by atoms with E-state index in [1.54, 1.807) is 19.1 Å². The van der Waals surface area contributed by atoms with E-state index in [0.717, 1.165) is 19.5 Å². The molecule has 1 aliphatic heterocycles. The van der Waals surface area contributed by atoms with E-state index in [9.17, 15) is 15.2 Å². The van der Waals surface area contributed by atoms with Gasteiger partial charge in [0, 0.05) is 19.2 Å². The minimum absolute atomic E-state index is 0.0631. The van der Waals surface area contributed by atoms with Gasteiger partial charge >= 0.3 is 0 Å². The number of nitrogens with zero attached hydrogens (tertiary/aromatic N) is 2. The lowest BCUT2D eigenvalue weighted by Gasteiger charge is -2.28. The molecule has 0 saturated carbocycles. The van der Waals surface area contributed by atoms with Crippen LogP contribution in [0.15, 0.2) is 29.8 Å². The summed E-state index contributed by atoms with van der Waals surface area (Å²) in [4.78, 5) is 12.8. The van der Waals surface area contributed by atoms with Crippen molar-refractivity contribution in [2.75, 3.05) is 18.0 Å². The van der Waals surface area contributed by atoms with E-state index in [-0.39, 0.29) is 10.6 Å². The summed E-state index contributed by atoms with van der Waals surface area (Å²) in [6.07, 6.45) is 2.36. The van der Waals surface area contributed by atoms with Gasteiger partial charge in [-0.2, -0.15) is 0 Å². The summed E-state index contributed by atoms with van der Waals surface area (Å²) in [5.74, 6) is 0. The molecule has 1 N–H and O–H groups in total. The van der Waals surface area contributed by atoms with Crippen LogP contribution in [0.5, 0.6) is 0 Å². The summed E-state index contributed by atoms with van der Waals surface area (Å²) in [6.45, 7) is 5.13. The molecule has 0 fully saturated rings. The molecule has 0 spiro atoms. The van der Waals surface area contributed by atoms with Crippen LogP contribution >= 0.6 is 0 Å². The third kappa shape index (κ3) is 2.93. The lowest BCUT2D eigenvalue weighted by molar-refractivity contribution is -0.384. The van der Waals surface area contributed by atoms with Crippen molar-refractivity contribution in [3.05, 3.63) is 45.5 Å². The third-order valence-electron chi connectivity index (χ3n) is 3.35. The van der Waals surface area contributed by atoms with E-state index in [0.29, 0.717) is 11.3 Å². The van der Waals surface area contributed by atoms with Crippen molar-refractivity contribution in [3.8, 4) is 0 Å². The zero-order chi connectivity index (χ0) is 14.0. The Kier molecular flexibility index (Phi) is 3.85. The fraction of sp³-hybridized carbons (Fsp3) is 0.429. The Labute approximate surface area is 112 Å². The molecule has 2 rings (SSSR count). The van der Waals surface area contributed by atoms with Crippen LogP contribution in [0.3, 0.4) is 0 Å². The van der Waals surface area contributed by atoms with Crippen molar-refractivity contribution < 1.29 is 10.0 Å². The first-order valence-electron chi connectivity index (χ1n) is 6.36. The number of nitro groups is 1. The first kappa shape index (κ1) is 13.5. The van der Waals surface area contributed by atoms with Gasteiger partial charge in [-0.05, 0) is 31.9 Å². The van der Waals surface area contributed by atoms with Gasteiger partial charge in [0.15, 0.2) is 0 Å². The second kappa shape index (κ2) is 5.40. The summed E-state index contributed by atoms with van der Waals surface area (Å²) < 4.78 is 0. The highest BCUT2D eigenvalue weighted by molar-refractivity contribution is 5.65. The van der Waals surface area contributed by atoms with E-state index in [4.69, 9.17) is 0 Å². The van der Waals surface area contributed by atoms with E-state index in [1.807, 2.05) is 11.8 Å². The normalized spacial score (nSPS) is 17.0. The molecule has 1 atom stereocenters. The molecule has 0 amide bonds. The fourth-order valence-electron chi connectivity index (χ4n) is 2.33. The molecule has 19 heavy (non-hydrogen) atoms. The molecule has 0 radical (unpaired) electrons. The largest absolute Gasteiger partial charge is 0.389 e. The summed E-state index contributed by atoms with van der Waals surface area (Å²) >= 11 is 0. The van der Waals surface area contributed by atoms with Crippen LogP contribution in [0.1, 0.15) is 31.9 Å². The summed E-state index contributed by atoms with van der Waals surface area (Å²) in [5.41, 5.74) is 2.48. The van der Waals surface area contributed by atoms with Crippen molar-refractivity contribution in [1.29, 1.82) is 0 Å². The first-order chi connectivity index (χ1) is 8.99. The lowest BCUT2D eigenvalue weighted by atomic mass is 10.1. The van der Waals surface area contributed by atoms with Gasteiger partial charge in [-0.3, -0.25) is 10.1 Å². The Morgan fingerprint density at radius 1 is 1.47 bits per heavy atom. The lowest BCUT2D eigenvalue weighted by Crippen LogP contribution is -2.29. The molecule has 0 unspecified atom stereocenters. The molecular formula is C14H18N2O3. The predicted molar refractivity (Wildman–Crippen MR) is 74.3 cm³/mol. The molecule has 1 aromatic rings. The zero-order valence-electron chi connectivity index (χ0n) is 11.2. The third-order valence-corrected chi connectivity index (χ3v) is 3.35.